The second-order valence-electron chi connectivity index (χ2n) is 4.18. The molecule has 1 aromatic carbocycles. The highest BCUT2D eigenvalue weighted by atomic mass is 31.1. The van der Waals surface area contributed by atoms with Crippen LogP contribution in [0.5, 0.6) is 0 Å². The molecule has 0 aliphatic carbocycles. The highest BCUT2D eigenvalue weighted by Gasteiger charge is 2.07. The maximum atomic E-state index is 2.31. The van der Waals surface area contributed by atoms with Crippen LogP contribution in [0.25, 0.3) is 0 Å². The second kappa shape index (κ2) is 7.01. The molecule has 84 valence electrons. The summed E-state index contributed by atoms with van der Waals surface area (Å²) in [7, 11) is 1.10. The maximum absolute atomic E-state index is 2.31. The lowest BCUT2D eigenvalue weighted by Gasteiger charge is -2.15. The SMILES string of the molecule is CCCCPC(CC)c1ccc(C)cc1. The van der Waals surface area contributed by atoms with Gasteiger partial charge in [0.1, 0.15) is 0 Å². The van der Waals surface area contributed by atoms with Crippen LogP contribution in [0.4, 0.5) is 0 Å². The van der Waals surface area contributed by atoms with E-state index < -0.39 is 0 Å². The van der Waals surface area contributed by atoms with Crippen LogP contribution in [0.3, 0.4) is 0 Å². The Morgan fingerprint density at radius 1 is 1.13 bits per heavy atom. The van der Waals surface area contributed by atoms with Crippen molar-refractivity contribution in [1.82, 2.24) is 0 Å². The van der Waals surface area contributed by atoms with E-state index in [0.717, 1.165) is 14.2 Å². The zero-order chi connectivity index (χ0) is 11.1. The molecule has 1 rings (SSSR count). The standard InChI is InChI=1S/C14H23P/c1-4-6-11-15-14(5-2)13-9-7-12(3)8-10-13/h7-10,14-15H,4-6,11H2,1-3H3. The summed E-state index contributed by atoms with van der Waals surface area (Å²) in [5, 5.41) is 0. The molecule has 0 fully saturated rings. The van der Waals surface area contributed by atoms with Crippen LogP contribution >= 0.6 is 8.58 Å². The summed E-state index contributed by atoms with van der Waals surface area (Å²) in [4.78, 5) is 0. The first-order chi connectivity index (χ1) is 7.27. The molecule has 1 aromatic rings. The minimum atomic E-state index is 0.803. The Kier molecular flexibility index (Phi) is 5.95. The first-order valence-electron chi connectivity index (χ1n) is 6.07. The molecule has 2 unspecified atom stereocenters. The van der Waals surface area contributed by atoms with Gasteiger partial charge in [0, 0.05) is 5.66 Å². The quantitative estimate of drug-likeness (QED) is 0.473. The summed E-state index contributed by atoms with van der Waals surface area (Å²) >= 11 is 0. The Bertz CT molecular complexity index is 263. The van der Waals surface area contributed by atoms with Gasteiger partial charge in [-0.2, -0.15) is 0 Å². The average molecular weight is 222 g/mol. The Labute approximate surface area is 96.3 Å². The fraction of sp³-hybridized carbons (Fsp3) is 0.571. The molecule has 0 nitrogen and oxygen atoms in total. The Hall–Kier alpha value is -0.350. The molecule has 0 radical (unpaired) electrons. The van der Waals surface area contributed by atoms with E-state index >= 15 is 0 Å². The van der Waals surface area contributed by atoms with Crippen LogP contribution in [0.2, 0.25) is 0 Å². The topological polar surface area (TPSA) is 0 Å². The molecule has 0 saturated carbocycles. The van der Waals surface area contributed by atoms with Gasteiger partial charge in [-0.1, -0.05) is 50.1 Å². The fourth-order valence-corrected chi connectivity index (χ4v) is 3.37. The lowest BCUT2D eigenvalue weighted by Crippen LogP contribution is -1.92. The lowest BCUT2D eigenvalue weighted by atomic mass is 10.1. The van der Waals surface area contributed by atoms with Crippen molar-refractivity contribution in [1.29, 1.82) is 0 Å². The van der Waals surface area contributed by atoms with Gasteiger partial charge in [0.2, 0.25) is 0 Å². The highest BCUT2D eigenvalue weighted by molar-refractivity contribution is 7.38. The Balaban J connectivity index is 2.53. The van der Waals surface area contributed by atoms with Crippen LogP contribution < -0.4 is 0 Å². The van der Waals surface area contributed by atoms with Gasteiger partial charge in [-0.3, -0.25) is 0 Å². The molecule has 15 heavy (non-hydrogen) atoms. The molecule has 0 spiro atoms. The monoisotopic (exact) mass is 222 g/mol. The van der Waals surface area contributed by atoms with E-state index in [1.165, 1.54) is 36.6 Å². The van der Waals surface area contributed by atoms with Gasteiger partial charge in [0.05, 0.1) is 0 Å². The Morgan fingerprint density at radius 2 is 1.80 bits per heavy atom. The van der Waals surface area contributed by atoms with E-state index in [9.17, 15) is 0 Å². The van der Waals surface area contributed by atoms with Crippen LogP contribution in [0.1, 0.15) is 49.9 Å². The molecule has 0 saturated heterocycles. The fourth-order valence-electron chi connectivity index (χ4n) is 1.75. The van der Waals surface area contributed by atoms with Gasteiger partial charge in [-0.15, -0.1) is 8.58 Å². The predicted octanol–water partition coefficient (Wildman–Crippen LogP) is 4.92. The van der Waals surface area contributed by atoms with Crippen molar-refractivity contribution < 1.29 is 0 Å². The molecule has 1 heteroatoms. The summed E-state index contributed by atoms with van der Waals surface area (Å²) in [6.07, 6.45) is 5.41. The average Bonchev–Trinajstić information content (AvgIpc) is 2.26. The third-order valence-electron chi connectivity index (χ3n) is 2.81. The normalized spacial score (nSPS) is 13.5. The van der Waals surface area contributed by atoms with E-state index in [-0.39, 0.29) is 0 Å². The first-order valence-corrected chi connectivity index (χ1v) is 7.36. The molecule has 0 aliphatic heterocycles. The van der Waals surface area contributed by atoms with Crippen LogP contribution in [0.15, 0.2) is 24.3 Å². The predicted molar refractivity (Wildman–Crippen MR) is 72.3 cm³/mol. The van der Waals surface area contributed by atoms with Crippen molar-refractivity contribution in [2.75, 3.05) is 6.16 Å². The Morgan fingerprint density at radius 3 is 2.33 bits per heavy atom. The highest BCUT2D eigenvalue weighted by Crippen LogP contribution is 2.37. The molecule has 0 aromatic heterocycles. The van der Waals surface area contributed by atoms with Gasteiger partial charge in [0.15, 0.2) is 0 Å². The van der Waals surface area contributed by atoms with E-state index in [1.807, 2.05) is 0 Å². The summed E-state index contributed by atoms with van der Waals surface area (Å²) in [5.41, 5.74) is 3.71. The zero-order valence-electron chi connectivity index (χ0n) is 10.2. The van der Waals surface area contributed by atoms with Crippen LogP contribution in [0, 0.1) is 6.92 Å². The number of unbranched alkanes of at least 4 members (excludes halogenated alkanes) is 1. The molecule has 0 bridgehead atoms. The van der Waals surface area contributed by atoms with Crippen LogP contribution in [-0.2, 0) is 0 Å². The third-order valence-corrected chi connectivity index (χ3v) is 4.69. The smallest absolute Gasteiger partial charge is 0.00115 e. The van der Waals surface area contributed by atoms with E-state index in [0.29, 0.717) is 0 Å². The summed E-state index contributed by atoms with van der Waals surface area (Å²) in [5.74, 6) is 0. The number of hydrogen-bond donors (Lipinski definition) is 0. The minimum absolute atomic E-state index is 0.803. The van der Waals surface area contributed by atoms with Crippen molar-refractivity contribution in [3.05, 3.63) is 35.4 Å². The van der Waals surface area contributed by atoms with Crippen molar-refractivity contribution in [2.24, 2.45) is 0 Å². The van der Waals surface area contributed by atoms with E-state index in [4.69, 9.17) is 0 Å². The molecule has 2 atom stereocenters. The van der Waals surface area contributed by atoms with Gasteiger partial charge in [-0.05, 0) is 31.5 Å². The van der Waals surface area contributed by atoms with Crippen molar-refractivity contribution >= 4 is 8.58 Å². The van der Waals surface area contributed by atoms with Crippen molar-refractivity contribution in [2.45, 2.75) is 45.7 Å². The molecule has 0 heterocycles. The molecule has 0 amide bonds. The zero-order valence-corrected chi connectivity index (χ0v) is 11.2. The molecular weight excluding hydrogens is 199 g/mol. The summed E-state index contributed by atoms with van der Waals surface area (Å²) in [6.45, 7) is 6.74. The molecule has 0 aliphatic rings. The van der Waals surface area contributed by atoms with Crippen LogP contribution in [-0.4, -0.2) is 6.16 Å². The molecule has 0 N–H and O–H groups in total. The van der Waals surface area contributed by atoms with Crippen molar-refractivity contribution in [3.8, 4) is 0 Å². The lowest BCUT2D eigenvalue weighted by molar-refractivity contribution is 0.858. The third kappa shape index (κ3) is 4.34. The van der Waals surface area contributed by atoms with Gasteiger partial charge in [-0.25, -0.2) is 0 Å². The summed E-state index contributed by atoms with van der Waals surface area (Å²) < 4.78 is 0. The molecular formula is C14H23P. The van der Waals surface area contributed by atoms with Gasteiger partial charge >= 0.3 is 0 Å². The summed E-state index contributed by atoms with van der Waals surface area (Å²) in [6, 6.07) is 9.09. The first kappa shape index (κ1) is 12.7. The number of hydrogen-bond acceptors (Lipinski definition) is 0. The van der Waals surface area contributed by atoms with Gasteiger partial charge in [0.25, 0.3) is 0 Å². The minimum Gasteiger partial charge on any atom is -0.114 e. The number of aryl methyl sites for hydroxylation is 1. The van der Waals surface area contributed by atoms with Crippen molar-refractivity contribution in [3.63, 3.8) is 0 Å². The second-order valence-corrected chi connectivity index (χ2v) is 5.78. The number of rotatable bonds is 6. The van der Waals surface area contributed by atoms with Gasteiger partial charge < -0.3 is 0 Å². The maximum Gasteiger partial charge on any atom is 0.00115 e. The largest absolute Gasteiger partial charge is 0.114 e. The van der Waals surface area contributed by atoms with E-state index in [2.05, 4.69) is 45.0 Å². The number of benzene rings is 1. The van der Waals surface area contributed by atoms with E-state index in [1.54, 1.807) is 0 Å².